The molecule has 2 aromatic rings. The maximum Gasteiger partial charge on any atom is 0.251 e. The van der Waals surface area contributed by atoms with Gasteiger partial charge in [0.05, 0.1) is 12.5 Å². The van der Waals surface area contributed by atoms with Crippen LogP contribution in [0.1, 0.15) is 46.8 Å². The van der Waals surface area contributed by atoms with Crippen LogP contribution in [0.5, 0.6) is 0 Å². The lowest BCUT2D eigenvalue weighted by Gasteiger charge is -2.19. The highest BCUT2D eigenvalue weighted by Gasteiger charge is 2.20. The molecule has 2 unspecified atom stereocenters. The van der Waals surface area contributed by atoms with Gasteiger partial charge >= 0.3 is 0 Å². The lowest BCUT2D eigenvalue weighted by Crippen LogP contribution is -2.34. The molecule has 0 saturated carbocycles. The van der Waals surface area contributed by atoms with Crippen LogP contribution in [0.4, 0.5) is 0 Å². The summed E-state index contributed by atoms with van der Waals surface area (Å²) >= 11 is 0. The second-order valence-corrected chi connectivity index (χ2v) is 7.50. The van der Waals surface area contributed by atoms with E-state index in [1.165, 1.54) is 6.42 Å². The van der Waals surface area contributed by atoms with Crippen LogP contribution in [0.25, 0.3) is 0 Å². The van der Waals surface area contributed by atoms with Crippen LogP contribution in [-0.2, 0) is 4.79 Å². The summed E-state index contributed by atoms with van der Waals surface area (Å²) < 4.78 is 0. The normalized spacial score (nSPS) is 17.1. The van der Waals surface area contributed by atoms with Crippen molar-refractivity contribution >= 4 is 11.8 Å². The maximum atomic E-state index is 12.7. The molecule has 5 nitrogen and oxygen atoms in total. The highest BCUT2D eigenvalue weighted by molar-refractivity contribution is 5.94. The fourth-order valence-electron chi connectivity index (χ4n) is 3.52. The van der Waals surface area contributed by atoms with Gasteiger partial charge in [0.25, 0.3) is 5.91 Å². The van der Waals surface area contributed by atoms with Crippen LogP contribution in [0.3, 0.4) is 0 Å². The first kappa shape index (κ1) is 20.1. The molecule has 0 bridgehead atoms. The standard InChI is InChI=1S/C23H29N3O2/c1-17-7-9-20(10-8-17)23(28)26-21(19-5-3-2-4-6-19)15-22(27)25-14-12-18-11-13-24-16-18/h2-10,18,21,24H,11-16H2,1H3,(H,25,27)(H,26,28). The molecular formula is C23H29N3O2. The minimum atomic E-state index is -0.358. The first-order valence-electron chi connectivity index (χ1n) is 10.0. The highest BCUT2D eigenvalue weighted by Crippen LogP contribution is 2.18. The Labute approximate surface area is 166 Å². The van der Waals surface area contributed by atoms with Gasteiger partial charge in [0, 0.05) is 12.1 Å². The van der Waals surface area contributed by atoms with Gasteiger partial charge in [-0.15, -0.1) is 0 Å². The summed E-state index contributed by atoms with van der Waals surface area (Å²) in [6.45, 7) is 4.77. The van der Waals surface area contributed by atoms with E-state index < -0.39 is 0 Å². The van der Waals surface area contributed by atoms with E-state index >= 15 is 0 Å². The Morgan fingerprint density at radius 3 is 2.54 bits per heavy atom. The van der Waals surface area contributed by atoms with Gasteiger partial charge in [-0.3, -0.25) is 9.59 Å². The van der Waals surface area contributed by atoms with E-state index in [1.54, 1.807) is 0 Å². The average Bonchev–Trinajstić information content (AvgIpc) is 3.22. The van der Waals surface area contributed by atoms with E-state index in [1.807, 2.05) is 61.5 Å². The topological polar surface area (TPSA) is 70.2 Å². The Hall–Kier alpha value is -2.66. The van der Waals surface area contributed by atoms with Crippen LogP contribution in [-0.4, -0.2) is 31.4 Å². The summed E-state index contributed by atoms with van der Waals surface area (Å²) in [7, 11) is 0. The van der Waals surface area contributed by atoms with Crippen molar-refractivity contribution in [2.75, 3.05) is 19.6 Å². The molecule has 1 aliphatic heterocycles. The van der Waals surface area contributed by atoms with Crippen LogP contribution in [0.15, 0.2) is 54.6 Å². The van der Waals surface area contributed by atoms with Gasteiger partial charge in [-0.2, -0.15) is 0 Å². The molecule has 1 aliphatic rings. The second kappa shape index (κ2) is 10.0. The Kier molecular flexibility index (Phi) is 7.20. The van der Waals surface area contributed by atoms with Crippen molar-refractivity contribution in [2.24, 2.45) is 5.92 Å². The van der Waals surface area contributed by atoms with Crippen molar-refractivity contribution in [1.82, 2.24) is 16.0 Å². The third kappa shape index (κ3) is 5.92. The van der Waals surface area contributed by atoms with Gasteiger partial charge in [-0.05, 0) is 56.5 Å². The molecule has 148 valence electrons. The summed E-state index contributed by atoms with van der Waals surface area (Å²) in [5.74, 6) is 0.439. The van der Waals surface area contributed by atoms with Gasteiger partial charge in [0.1, 0.15) is 0 Å². The Morgan fingerprint density at radius 1 is 1.11 bits per heavy atom. The quantitative estimate of drug-likeness (QED) is 0.660. The van der Waals surface area contributed by atoms with E-state index in [4.69, 9.17) is 0 Å². The van der Waals surface area contributed by atoms with Gasteiger partial charge < -0.3 is 16.0 Å². The molecule has 0 radical (unpaired) electrons. The zero-order chi connectivity index (χ0) is 19.8. The fraction of sp³-hybridized carbons (Fsp3) is 0.391. The molecule has 1 heterocycles. The number of benzene rings is 2. The predicted molar refractivity (Wildman–Crippen MR) is 111 cm³/mol. The van der Waals surface area contributed by atoms with Gasteiger partial charge in [0.2, 0.25) is 5.91 Å². The number of hydrogen-bond acceptors (Lipinski definition) is 3. The number of nitrogens with one attached hydrogen (secondary N) is 3. The SMILES string of the molecule is Cc1ccc(C(=O)NC(CC(=O)NCCC2CCNC2)c2ccccc2)cc1. The Balaban J connectivity index is 1.59. The fourth-order valence-corrected chi connectivity index (χ4v) is 3.52. The smallest absolute Gasteiger partial charge is 0.251 e. The van der Waals surface area contributed by atoms with Crippen molar-refractivity contribution in [3.05, 3.63) is 71.3 Å². The van der Waals surface area contributed by atoms with E-state index in [0.717, 1.165) is 30.6 Å². The number of rotatable bonds is 8. The molecule has 2 atom stereocenters. The predicted octanol–water partition coefficient (Wildman–Crippen LogP) is 2.97. The van der Waals surface area contributed by atoms with Gasteiger partial charge in [-0.1, -0.05) is 48.0 Å². The molecule has 2 amide bonds. The number of carbonyl (C=O) groups is 2. The summed E-state index contributed by atoms with van der Waals surface area (Å²) in [4.78, 5) is 25.1. The van der Waals surface area contributed by atoms with E-state index in [-0.39, 0.29) is 24.3 Å². The van der Waals surface area contributed by atoms with Gasteiger partial charge in [-0.25, -0.2) is 0 Å². The average molecular weight is 380 g/mol. The molecule has 1 fully saturated rings. The van der Waals surface area contributed by atoms with Crippen molar-refractivity contribution in [3.8, 4) is 0 Å². The summed E-state index contributed by atoms with van der Waals surface area (Å²) in [6, 6.07) is 16.7. The molecule has 5 heteroatoms. The lowest BCUT2D eigenvalue weighted by molar-refractivity contribution is -0.121. The van der Waals surface area contributed by atoms with Gasteiger partial charge in [0.15, 0.2) is 0 Å². The van der Waals surface area contributed by atoms with E-state index in [0.29, 0.717) is 18.0 Å². The molecule has 0 aliphatic carbocycles. The first-order chi connectivity index (χ1) is 13.6. The molecule has 3 N–H and O–H groups in total. The number of carbonyl (C=O) groups excluding carboxylic acids is 2. The van der Waals surface area contributed by atoms with Crippen molar-refractivity contribution in [3.63, 3.8) is 0 Å². The number of hydrogen-bond donors (Lipinski definition) is 3. The van der Waals surface area contributed by atoms with Crippen molar-refractivity contribution in [2.45, 2.75) is 32.2 Å². The van der Waals surface area contributed by atoms with E-state index in [9.17, 15) is 9.59 Å². The maximum absolute atomic E-state index is 12.7. The lowest BCUT2D eigenvalue weighted by atomic mass is 10.0. The zero-order valence-electron chi connectivity index (χ0n) is 16.4. The molecular weight excluding hydrogens is 350 g/mol. The van der Waals surface area contributed by atoms with Crippen LogP contribution in [0.2, 0.25) is 0 Å². The molecule has 3 rings (SSSR count). The monoisotopic (exact) mass is 379 g/mol. The highest BCUT2D eigenvalue weighted by atomic mass is 16.2. The third-order valence-corrected chi connectivity index (χ3v) is 5.25. The van der Waals surface area contributed by atoms with E-state index in [2.05, 4.69) is 16.0 Å². The Bertz CT molecular complexity index is 768. The zero-order valence-corrected chi connectivity index (χ0v) is 16.4. The number of aryl methyl sites for hydroxylation is 1. The second-order valence-electron chi connectivity index (χ2n) is 7.50. The summed E-state index contributed by atoms with van der Waals surface area (Å²) in [6.07, 6.45) is 2.39. The third-order valence-electron chi connectivity index (χ3n) is 5.25. The minimum absolute atomic E-state index is 0.0379. The van der Waals surface area contributed by atoms with Crippen molar-refractivity contribution < 1.29 is 9.59 Å². The van der Waals surface area contributed by atoms with Crippen LogP contribution < -0.4 is 16.0 Å². The van der Waals surface area contributed by atoms with Crippen molar-refractivity contribution in [1.29, 1.82) is 0 Å². The molecule has 0 spiro atoms. The molecule has 2 aromatic carbocycles. The molecule has 1 saturated heterocycles. The first-order valence-corrected chi connectivity index (χ1v) is 10.0. The summed E-state index contributed by atoms with van der Waals surface area (Å²) in [5, 5.41) is 9.38. The number of amides is 2. The molecule has 0 aromatic heterocycles. The largest absolute Gasteiger partial charge is 0.356 e. The summed E-state index contributed by atoms with van der Waals surface area (Å²) in [5.41, 5.74) is 2.63. The minimum Gasteiger partial charge on any atom is -0.356 e. The van der Waals surface area contributed by atoms with Crippen LogP contribution >= 0.6 is 0 Å². The Morgan fingerprint density at radius 2 is 1.86 bits per heavy atom. The molecule has 28 heavy (non-hydrogen) atoms. The van der Waals surface area contributed by atoms with Crippen LogP contribution in [0, 0.1) is 12.8 Å².